The van der Waals surface area contributed by atoms with E-state index in [4.69, 9.17) is 7.58 Å². The Hall–Kier alpha value is 1.05. The molecule has 0 bridgehead atoms. The molecule has 0 N–H and O–H groups in total. The molecule has 0 aromatic heterocycles. The first-order valence-corrected chi connectivity index (χ1v) is 3.41. The van der Waals surface area contributed by atoms with E-state index < -0.39 is 0 Å². The first kappa shape index (κ1) is 11.8. The van der Waals surface area contributed by atoms with E-state index in [1.807, 2.05) is 13.8 Å². The van der Waals surface area contributed by atoms with Gasteiger partial charge in [0.15, 0.2) is 0 Å². The number of hydrogen-bond acceptors (Lipinski definition) is 2. The molecule has 2 nitrogen and oxygen atoms in total. The van der Waals surface area contributed by atoms with Crippen molar-refractivity contribution >= 4 is 15.9 Å². The van der Waals surface area contributed by atoms with Gasteiger partial charge in [0.25, 0.3) is 0 Å². The predicted octanol–water partition coefficient (Wildman–Crippen LogP) is -2.40. The van der Waals surface area contributed by atoms with E-state index in [0.717, 1.165) is 13.2 Å². The fourth-order valence-electron chi connectivity index (χ4n) is 0.184. The minimum atomic E-state index is -0.178. The number of rotatable bonds is 4. The molecule has 0 aliphatic carbocycles. The van der Waals surface area contributed by atoms with Gasteiger partial charge in [0.1, 0.15) is 15.9 Å². The van der Waals surface area contributed by atoms with Gasteiger partial charge in [-0.1, -0.05) is 0 Å². The van der Waals surface area contributed by atoms with E-state index >= 15 is 0 Å². The second-order valence-corrected chi connectivity index (χ2v) is 1.87. The van der Waals surface area contributed by atoms with Crippen LogP contribution in [0.3, 0.4) is 0 Å². The SMILES string of the molecule is CC[O][Al-][O]CC.[Li+]. The Morgan fingerprint density at radius 2 is 1.50 bits per heavy atom. The Morgan fingerprint density at radius 1 is 1.12 bits per heavy atom. The van der Waals surface area contributed by atoms with Crippen LogP contribution >= 0.6 is 0 Å². The molecule has 0 rings (SSSR count). The molecule has 0 spiro atoms. The largest absolute Gasteiger partial charge is 1.00 e. The van der Waals surface area contributed by atoms with Crippen LogP contribution in [0.4, 0.5) is 0 Å². The molecule has 0 aliphatic rings. The Balaban J connectivity index is 0. The van der Waals surface area contributed by atoms with Crippen molar-refractivity contribution in [2.24, 2.45) is 0 Å². The molecular formula is C4H10AlLiO2. The topological polar surface area (TPSA) is 18.5 Å². The molecule has 0 fully saturated rings. The van der Waals surface area contributed by atoms with Gasteiger partial charge >= 0.3 is 18.9 Å². The van der Waals surface area contributed by atoms with E-state index in [1.54, 1.807) is 0 Å². The summed E-state index contributed by atoms with van der Waals surface area (Å²) in [7, 11) is 0. The van der Waals surface area contributed by atoms with Gasteiger partial charge < -0.3 is 7.58 Å². The molecule has 0 aliphatic heterocycles. The first-order chi connectivity index (χ1) is 3.41. The van der Waals surface area contributed by atoms with Crippen molar-refractivity contribution in [2.75, 3.05) is 13.2 Å². The Morgan fingerprint density at radius 3 is 1.75 bits per heavy atom. The van der Waals surface area contributed by atoms with Gasteiger partial charge in [0.05, 0.1) is 0 Å². The minimum Gasteiger partial charge on any atom is -0.679 e. The minimum absolute atomic E-state index is 0. The average molecular weight is 124 g/mol. The van der Waals surface area contributed by atoms with Crippen molar-refractivity contribution in [3.8, 4) is 0 Å². The number of hydrogen-bond donors (Lipinski definition) is 0. The summed E-state index contributed by atoms with van der Waals surface area (Å²) in [6.07, 6.45) is 0. The summed E-state index contributed by atoms with van der Waals surface area (Å²) >= 11 is -0.178. The second-order valence-electron chi connectivity index (χ2n) is 1.01. The van der Waals surface area contributed by atoms with Crippen LogP contribution in [0.5, 0.6) is 0 Å². The molecule has 0 saturated carbocycles. The third kappa shape index (κ3) is 10.1. The van der Waals surface area contributed by atoms with Crippen LogP contribution in [-0.4, -0.2) is 29.1 Å². The van der Waals surface area contributed by atoms with Crippen LogP contribution in [0.25, 0.3) is 0 Å². The standard InChI is InChI=1S/2C2H5O.Al.Li/c2*1-2-3;;/h2*2H2,1H3;;/q2*-1;2*+1. The van der Waals surface area contributed by atoms with Crippen LogP contribution in [0, 0.1) is 0 Å². The Labute approximate surface area is 69.5 Å². The molecule has 0 aromatic rings. The van der Waals surface area contributed by atoms with E-state index in [2.05, 4.69) is 0 Å². The van der Waals surface area contributed by atoms with Crippen LogP contribution in [0.15, 0.2) is 0 Å². The Bertz CT molecular complexity index is 33.2. The van der Waals surface area contributed by atoms with Crippen molar-refractivity contribution in [2.45, 2.75) is 13.8 Å². The monoisotopic (exact) mass is 124 g/mol. The normalized spacial score (nSPS) is 8.25. The quantitative estimate of drug-likeness (QED) is 0.307. The van der Waals surface area contributed by atoms with Gasteiger partial charge in [0.2, 0.25) is 0 Å². The van der Waals surface area contributed by atoms with Gasteiger partial charge in [-0.05, 0) is 27.1 Å². The zero-order valence-electron chi connectivity index (χ0n) is 5.81. The summed E-state index contributed by atoms with van der Waals surface area (Å²) in [4.78, 5) is 0. The predicted molar refractivity (Wildman–Crippen MR) is 29.0 cm³/mol. The van der Waals surface area contributed by atoms with Gasteiger partial charge in [-0.2, -0.15) is 0 Å². The molecule has 0 unspecified atom stereocenters. The zero-order chi connectivity index (χ0) is 5.54. The first-order valence-electron chi connectivity index (χ1n) is 2.46. The van der Waals surface area contributed by atoms with Crippen molar-refractivity contribution in [1.82, 2.24) is 0 Å². The van der Waals surface area contributed by atoms with Gasteiger partial charge in [0, 0.05) is 0 Å². The molecule has 0 heterocycles. The van der Waals surface area contributed by atoms with Gasteiger partial charge in [-0.3, -0.25) is 0 Å². The van der Waals surface area contributed by atoms with E-state index in [-0.39, 0.29) is 34.7 Å². The molecule has 42 valence electrons. The fourth-order valence-corrected chi connectivity index (χ4v) is 0.553. The summed E-state index contributed by atoms with van der Waals surface area (Å²) in [6.45, 7) is 5.47. The second kappa shape index (κ2) is 10.9. The molecule has 0 amide bonds. The van der Waals surface area contributed by atoms with Crippen molar-refractivity contribution in [3.05, 3.63) is 0 Å². The molecule has 2 radical (unpaired) electrons. The molecule has 4 heteroatoms. The smallest absolute Gasteiger partial charge is 0.679 e. The van der Waals surface area contributed by atoms with Crippen molar-refractivity contribution in [3.63, 3.8) is 0 Å². The van der Waals surface area contributed by atoms with Gasteiger partial charge in [-0.15, -0.1) is 0 Å². The molecule has 0 saturated heterocycles. The maximum absolute atomic E-state index is 4.94. The van der Waals surface area contributed by atoms with Crippen LogP contribution in [0.1, 0.15) is 13.8 Å². The van der Waals surface area contributed by atoms with E-state index in [1.165, 1.54) is 0 Å². The maximum Gasteiger partial charge on any atom is 1.00 e. The molecule has 0 aromatic carbocycles. The maximum atomic E-state index is 4.94. The summed E-state index contributed by atoms with van der Waals surface area (Å²) in [5.74, 6) is 0. The van der Waals surface area contributed by atoms with Crippen LogP contribution in [0.2, 0.25) is 0 Å². The van der Waals surface area contributed by atoms with Crippen molar-refractivity contribution in [1.29, 1.82) is 0 Å². The molecular weight excluding hydrogens is 114 g/mol. The summed E-state index contributed by atoms with van der Waals surface area (Å²) < 4.78 is 9.87. The third-order valence-corrected chi connectivity index (χ3v) is 1.41. The summed E-state index contributed by atoms with van der Waals surface area (Å²) in [5.41, 5.74) is 0. The van der Waals surface area contributed by atoms with E-state index in [0.29, 0.717) is 0 Å². The van der Waals surface area contributed by atoms with Crippen molar-refractivity contribution < 1.29 is 26.4 Å². The average Bonchev–Trinajstić information content (AvgIpc) is 1.69. The molecule has 8 heavy (non-hydrogen) atoms. The van der Waals surface area contributed by atoms with Crippen LogP contribution in [-0.2, 0) is 7.58 Å². The molecule has 0 atom stereocenters. The summed E-state index contributed by atoms with van der Waals surface area (Å²) in [6, 6.07) is 0. The van der Waals surface area contributed by atoms with E-state index in [9.17, 15) is 0 Å². The van der Waals surface area contributed by atoms with Crippen LogP contribution < -0.4 is 18.9 Å². The fraction of sp³-hybridized carbons (Fsp3) is 1.00. The summed E-state index contributed by atoms with van der Waals surface area (Å²) in [5, 5.41) is 0. The van der Waals surface area contributed by atoms with Gasteiger partial charge in [-0.25, -0.2) is 0 Å². The zero-order valence-corrected chi connectivity index (χ0v) is 6.96. The Kier molecular flexibility index (Phi) is 16.1. The third-order valence-electron chi connectivity index (χ3n) is 0.469.